The number of carboxylic acids is 1. The minimum Gasteiger partial charge on any atom is -0.544 e. The maximum absolute atomic E-state index is 12.5. The van der Waals surface area contributed by atoms with Gasteiger partial charge < -0.3 is 28.6 Å². The van der Waals surface area contributed by atoms with Crippen molar-refractivity contribution in [3.63, 3.8) is 0 Å². The van der Waals surface area contributed by atoms with Gasteiger partial charge >= 0.3 is 11.9 Å². The molecule has 0 amide bonds. The predicted octanol–water partition coefficient (Wildman–Crippen LogP) is 7.51. The van der Waals surface area contributed by atoms with Crippen LogP contribution in [0.4, 0.5) is 0 Å². The molecule has 0 radical (unpaired) electrons. The molecule has 2 unspecified atom stereocenters. The lowest BCUT2D eigenvalue weighted by atomic mass is 10.1. The normalized spacial score (nSPS) is 13.9. The third kappa shape index (κ3) is 29.0. The molecule has 0 saturated carbocycles. The highest BCUT2D eigenvalue weighted by molar-refractivity contribution is 5.71. The van der Waals surface area contributed by atoms with Crippen LogP contribution >= 0.6 is 0 Å². The third-order valence-corrected chi connectivity index (χ3v) is 7.43. The van der Waals surface area contributed by atoms with Crippen LogP contribution in [0.15, 0.2) is 72.9 Å². The van der Waals surface area contributed by atoms with Crippen molar-refractivity contribution >= 4 is 17.9 Å². The van der Waals surface area contributed by atoms with Crippen LogP contribution in [0.1, 0.15) is 110 Å². The van der Waals surface area contributed by atoms with Crippen molar-refractivity contribution in [2.24, 2.45) is 0 Å². The molecule has 0 aliphatic carbocycles. The molecule has 272 valence electrons. The van der Waals surface area contributed by atoms with E-state index < -0.39 is 24.1 Å². The Kier molecular flexibility index (Phi) is 29.0. The lowest BCUT2D eigenvalue weighted by Gasteiger charge is -2.34. The van der Waals surface area contributed by atoms with Gasteiger partial charge in [0.25, 0.3) is 0 Å². The number of carboxylic acid groups (broad SMARTS) is 1. The van der Waals surface area contributed by atoms with Gasteiger partial charge in [0.15, 0.2) is 6.10 Å². The van der Waals surface area contributed by atoms with E-state index in [9.17, 15) is 19.5 Å². The number of aliphatic carboxylic acids is 1. The molecular weight excluding hydrogens is 606 g/mol. The van der Waals surface area contributed by atoms with Crippen LogP contribution in [-0.2, 0) is 28.6 Å². The number of allylic oxidation sites excluding steroid dienone is 11. The molecule has 0 N–H and O–H groups in total. The van der Waals surface area contributed by atoms with E-state index in [-0.39, 0.29) is 43.1 Å². The molecule has 0 aromatic heterocycles. The van der Waals surface area contributed by atoms with Crippen LogP contribution < -0.4 is 5.11 Å². The minimum atomic E-state index is -1.14. The van der Waals surface area contributed by atoms with Crippen LogP contribution in [0.3, 0.4) is 0 Å². The van der Waals surface area contributed by atoms with Gasteiger partial charge in [-0.15, -0.1) is 0 Å². The van der Waals surface area contributed by atoms with E-state index in [0.29, 0.717) is 6.42 Å². The molecule has 0 aliphatic rings. The Hall–Kier alpha value is -3.23. The summed E-state index contributed by atoms with van der Waals surface area (Å²) < 4.78 is 16.9. The van der Waals surface area contributed by atoms with E-state index in [1.54, 1.807) is 27.2 Å². The molecule has 48 heavy (non-hydrogen) atoms. The highest BCUT2D eigenvalue weighted by atomic mass is 16.6. The summed E-state index contributed by atoms with van der Waals surface area (Å²) in [5, 5.41) is 11.5. The molecule has 2 atom stereocenters. The van der Waals surface area contributed by atoms with Crippen molar-refractivity contribution in [2.75, 3.05) is 41.0 Å². The number of carbonyl (C=O) groups excluding carboxylic acids is 3. The first-order valence-electron chi connectivity index (χ1n) is 18.0. The average Bonchev–Trinajstić information content (AvgIpc) is 3.03. The Morgan fingerprint density at radius 3 is 1.88 bits per heavy atom. The van der Waals surface area contributed by atoms with Gasteiger partial charge in [-0.3, -0.25) is 9.59 Å². The first-order chi connectivity index (χ1) is 23.1. The van der Waals surface area contributed by atoms with Crippen molar-refractivity contribution in [1.29, 1.82) is 0 Å². The Morgan fingerprint density at radius 1 is 0.667 bits per heavy atom. The van der Waals surface area contributed by atoms with Crippen molar-refractivity contribution in [3.8, 4) is 0 Å². The van der Waals surface area contributed by atoms with Gasteiger partial charge in [0.1, 0.15) is 12.6 Å². The van der Waals surface area contributed by atoms with Gasteiger partial charge in [0, 0.05) is 12.8 Å². The van der Waals surface area contributed by atoms with E-state index in [2.05, 4.69) is 68.5 Å². The van der Waals surface area contributed by atoms with Gasteiger partial charge in [-0.25, -0.2) is 0 Å². The summed E-state index contributed by atoms with van der Waals surface area (Å²) in [7, 11) is 5.35. The van der Waals surface area contributed by atoms with Gasteiger partial charge in [0.2, 0.25) is 0 Å². The Balaban J connectivity index is 4.51. The first kappa shape index (κ1) is 44.8. The fourth-order valence-corrected chi connectivity index (χ4v) is 4.66. The summed E-state index contributed by atoms with van der Waals surface area (Å²) in [6.45, 7) is 4.25. The number of likely N-dealkylation sites (N-methyl/N-ethyl adjacent to an activating group) is 1. The number of carbonyl (C=O) groups is 3. The molecule has 0 fully saturated rings. The molecule has 0 saturated heterocycles. The van der Waals surface area contributed by atoms with Crippen molar-refractivity contribution in [3.05, 3.63) is 72.9 Å². The summed E-state index contributed by atoms with van der Waals surface area (Å²) in [6, 6.07) is -0.742. The number of rotatable bonds is 30. The topological polar surface area (TPSA) is 102 Å². The Bertz CT molecular complexity index is 1020. The Morgan fingerprint density at radius 2 is 1.25 bits per heavy atom. The van der Waals surface area contributed by atoms with Crippen LogP contribution in [0.25, 0.3) is 0 Å². The second kappa shape index (κ2) is 31.1. The van der Waals surface area contributed by atoms with Crippen molar-refractivity contribution in [2.45, 2.75) is 122 Å². The number of quaternary nitrogens is 1. The number of esters is 2. The second-order valence-electron chi connectivity index (χ2n) is 12.8. The largest absolute Gasteiger partial charge is 0.544 e. The highest BCUT2D eigenvalue weighted by Crippen LogP contribution is 2.12. The molecule has 0 bridgehead atoms. The van der Waals surface area contributed by atoms with Crippen LogP contribution in [0.5, 0.6) is 0 Å². The van der Waals surface area contributed by atoms with E-state index >= 15 is 0 Å². The zero-order valence-corrected chi connectivity index (χ0v) is 30.6. The standard InChI is InChI=1S/C40H65NO7/c1-6-8-10-12-14-16-17-18-19-20-21-23-24-26-28-30-38(42)47-35-36(34-46-33-32-37(40(44)45)41(3,4)5)48-39(43)31-29-27-25-22-15-13-11-9-7-2/h8-12,14-17,22,27,29,36-37H,6-7,13,18-21,23-26,28,30-35H2,1-5H3/b10-8+,11-9+,14-12+,17-16+,22-15+,29-27+. The van der Waals surface area contributed by atoms with Gasteiger partial charge in [-0.05, 0) is 44.9 Å². The second-order valence-corrected chi connectivity index (χ2v) is 12.8. The van der Waals surface area contributed by atoms with Crippen LogP contribution in [0, 0.1) is 0 Å². The lowest BCUT2D eigenvalue weighted by Crippen LogP contribution is -2.55. The maximum atomic E-state index is 12.5. The third-order valence-electron chi connectivity index (χ3n) is 7.43. The van der Waals surface area contributed by atoms with E-state index in [1.807, 2.05) is 12.2 Å². The number of nitrogens with zero attached hydrogens (tertiary/aromatic N) is 1. The highest BCUT2D eigenvalue weighted by Gasteiger charge is 2.25. The summed E-state index contributed by atoms with van der Waals surface area (Å²) >= 11 is 0. The molecule has 0 heterocycles. The molecule has 0 rings (SSSR count). The summed E-state index contributed by atoms with van der Waals surface area (Å²) in [6.07, 6.45) is 36.8. The summed E-state index contributed by atoms with van der Waals surface area (Å²) in [5.74, 6) is -1.92. The fourth-order valence-electron chi connectivity index (χ4n) is 4.66. The van der Waals surface area contributed by atoms with E-state index in [4.69, 9.17) is 14.2 Å². The van der Waals surface area contributed by atoms with Gasteiger partial charge in [0.05, 0.1) is 46.7 Å². The first-order valence-corrected chi connectivity index (χ1v) is 18.0. The fraction of sp³-hybridized carbons (Fsp3) is 0.625. The maximum Gasteiger partial charge on any atom is 0.310 e. The zero-order chi connectivity index (χ0) is 35.7. The Labute approximate surface area is 291 Å². The predicted molar refractivity (Wildman–Crippen MR) is 194 cm³/mol. The molecule has 0 aromatic rings. The molecule has 0 aromatic carbocycles. The van der Waals surface area contributed by atoms with E-state index in [1.165, 1.54) is 19.3 Å². The smallest absolute Gasteiger partial charge is 0.310 e. The van der Waals surface area contributed by atoms with Crippen LogP contribution in [-0.4, -0.2) is 75.5 Å². The number of hydrogen-bond donors (Lipinski definition) is 0. The summed E-state index contributed by atoms with van der Waals surface area (Å²) in [5.41, 5.74) is 0. The number of unbranched alkanes of at least 4 members (excludes halogenated alkanes) is 7. The van der Waals surface area contributed by atoms with Crippen molar-refractivity contribution < 1.29 is 38.2 Å². The monoisotopic (exact) mass is 671 g/mol. The van der Waals surface area contributed by atoms with Gasteiger partial charge in [-0.2, -0.15) is 0 Å². The average molecular weight is 672 g/mol. The van der Waals surface area contributed by atoms with Crippen molar-refractivity contribution in [1.82, 2.24) is 0 Å². The van der Waals surface area contributed by atoms with E-state index in [0.717, 1.165) is 57.8 Å². The quantitative estimate of drug-likeness (QED) is 0.0256. The lowest BCUT2D eigenvalue weighted by molar-refractivity contribution is -0.889. The molecule has 8 heteroatoms. The molecule has 0 aliphatic heterocycles. The number of hydrogen-bond acceptors (Lipinski definition) is 7. The summed E-state index contributed by atoms with van der Waals surface area (Å²) in [4.78, 5) is 36.5. The number of ether oxygens (including phenoxy) is 3. The molecule has 8 nitrogen and oxygen atoms in total. The SMILES string of the molecule is CC/C=C/C=C/C=C/CCCCCCCCCC(=O)OCC(COCCC(C(=O)[O-])[N+](C)(C)C)OC(=O)C/C=C/C/C=C/C/C=C/CC. The minimum absolute atomic E-state index is 0.00352. The zero-order valence-electron chi connectivity index (χ0n) is 30.6. The molecular formula is C40H65NO7. The molecule has 0 spiro atoms. The van der Waals surface area contributed by atoms with Crippen LogP contribution in [0.2, 0.25) is 0 Å². The van der Waals surface area contributed by atoms with Gasteiger partial charge in [-0.1, -0.05) is 119 Å².